The Morgan fingerprint density at radius 1 is 1.18 bits per heavy atom. The molecule has 22 heavy (non-hydrogen) atoms. The molecule has 0 saturated heterocycles. The minimum Gasteiger partial charge on any atom is -0.508 e. The maximum Gasteiger partial charge on any atom is 0.133 e. The van der Waals surface area contributed by atoms with Crippen LogP contribution in [0.5, 0.6) is 17.2 Å². The Morgan fingerprint density at radius 2 is 2.05 bits per heavy atom. The van der Waals surface area contributed by atoms with Gasteiger partial charge in [0.15, 0.2) is 0 Å². The van der Waals surface area contributed by atoms with Gasteiger partial charge in [-0.15, -0.1) is 0 Å². The second kappa shape index (κ2) is 5.97. The molecule has 0 aromatic heterocycles. The Kier molecular flexibility index (Phi) is 3.87. The summed E-state index contributed by atoms with van der Waals surface area (Å²) in [6, 6.07) is 12.7. The SMILES string of the molecule is CON=C1C[C@H](c2cccc(OC)c2)Oc2cc(O)ccc21. The van der Waals surface area contributed by atoms with E-state index in [4.69, 9.17) is 14.3 Å². The molecule has 5 nitrogen and oxygen atoms in total. The number of aromatic hydroxyl groups is 1. The normalized spacial score (nSPS) is 18.5. The van der Waals surface area contributed by atoms with Crippen molar-refractivity contribution in [3.05, 3.63) is 53.6 Å². The van der Waals surface area contributed by atoms with Gasteiger partial charge in [-0.25, -0.2) is 0 Å². The van der Waals surface area contributed by atoms with Crippen molar-refractivity contribution >= 4 is 5.71 Å². The molecule has 0 spiro atoms. The average molecular weight is 299 g/mol. The van der Waals surface area contributed by atoms with E-state index < -0.39 is 0 Å². The number of methoxy groups -OCH3 is 1. The number of phenolic OH excluding ortho intramolecular Hbond substituents is 1. The highest BCUT2D eigenvalue weighted by Gasteiger charge is 2.27. The number of fused-ring (bicyclic) bond motifs is 1. The van der Waals surface area contributed by atoms with Crippen LogP contribution in [-0.4, -0.2) is 25.0 Å². The van der Waals surface area contributed by atoms with Crippen LogP contribution in [0.2, 0.25) is 0 Å². The van der Waals surface area contributed by atoms with Gasteiger partial charge in [0.05, 0.1) is 12.8 Å². The fourth-order valence-corrected chi connectivity index (χ4v) is 2.55. The largest absolute Gasteiger partial charge is 0.508 e. The Balaban J connectivity index is 2.00. The smallest absolute Gasteiger partial charge is 0.133 e. The number of hydrogen-bond donors (Lipinski definition) is 1. The first-order valence-corrected chi connectivity index (χ1v) is 6.95. The lowest BCUT2D eigenvalue weighted by atomic mass is 9.95. The van der Waals surface area contributed by atoms with Crippen molar-refractivity contribution < 1.29 is 19.4 Å². The second-order valence-corrected chi connectivity index (χ2v) is 4.99. The lowest BCUT2D eigenvalue weighted by Crippen LogP contribution is -2.21. The predicted molar refractivity (Wildman–Crippen MR) is 82.6 cm³/mol. The van der Waals surface area contributed by atoms with E-state index in [1.165, 1.54) is 7.11 Å². The summed E-state index contributed by atoms with van der Waals surface area (Å²) in [5.74, 6) is 1.52. The monoisotopic (exact) mass is 299 g/mol. The molecule has 1 N–H and O–H groups in total. The first-order chi connectivity index (χ1) is 10.7. The molecule has 1 atom stereocenters. The number of nitrogens with zero attached hydrogens (tertiary/aromatic N) is 1. The quantitative estimate of drug-likeness (QED) is 0.884. The van der Waals surface area contributed by atoms with Gasteiger partial charge >= 0.3 is 0 Å². The van der Waals surface area contributed by atoms with Gasteiger partial charge in [0.2, 0.25) is 0 Å². The molecule has 0 unspecified atom stereocenters. The lowest BCUT2D eigenvalue weighted by molar-refractivity contribution is 0.189. The molecule has 0 aliphatic carbocycles. The predicted octanol–water partition coefficient (Wildman–Crippen LogP) is 3.28. The summed E-state index contributed by atoms with van der Waals surface area (Å²) >= 11 is 0. The van der Waals surface area contributed by atoms with E-state index >= 15 is 0 Å². The summed E-state index contributed by atoms with van der Waals surface area (Å²) in [6.45, 7) is 0. The summed E-state index contributed by atoms with van der Waals surface area (Å²) < 4.78 is 11.3. The van der Waals surface area contributed by atoms with Crippen molar-refractivity contribution in [2.75, 3.05) is 14.2 Å². The number of phenols is 1. The van der Waals surface area contributed by atoms with Gasteiger partial charge < -0.3 is 19.4 Å². The number of rotatable bonds is 3. The van der Waals surface area contributed by atoms with Crippen LogP contribution in [0, 0.1) is 0 Å². The Labute approximate surface area is 128 Å². The van der Waals surface area contributed by atoms with Crippen LogP contribution >= 0.6 is 0 Å². The summed E-state index contributed by atoms with van der Waals surface area (Å²) in [5, 5.41) is 13.8. The Morgan fingerprint density at radius 3 is 2.82 bits per heavy atom. The molecule has 3 rings (SSSR count). The van der Waals surface area contributed by atoms with Crippen LogP contribution in [0.1, 0.15) is 23.7 Å². The summed E-state index contributed by atoms with van der Waals surface area (Å²) in [7, 11) is 3.15. The second-order valence-electron chi connectivity index (χ2n) is 4.99. The van der Waals surface area contributed by atoms with Gasteiger partial charge in [0.25, 0.3) is 0 Å². The maximum atomic E-state index is 9.67. The first-order valence-electron chi connectivity index (χ1n) is 6.95. The molecule has 1 aliphatic rings. The van der Waals surface area contributed by atoms with Gasteiger partial charge in [0, 0.05) is 18.1 Å². The number of oxime groups is 1. The molecule has 0 amide bonds. The van der Waals surface area contributed by atoms with Crippen LogP contribution in [0.25, 0.3) is 0 Å². The van der Waals surface area contributed by atoms with Crippen LogP contribution in [0.4, 0.5) is 0 Å². The molecule has 2 aromatic rings. The van der Waals surface area contributed by atoms with Crippen molar-refractivity contribution in [1.82, 2.24) is 0 Å². The van der Waals surface area contributed by atoms with E-state index in [2.05, 4.69) is 5.16 Å². The molecule has 0 bridgehead atoms. The van der Waals surface area contributed by atoms with Crippen molar-refractivity contribution in [3.63, 3.8) is 0 Å². The zero-order valence-electron chi connectivity index (χ0n) is 12.4. The minimum absolute atomic E-state index is 0.154. The minimum atomic E-state index is -0.210. The van der Waals surface area contributed by atoms with Crippen molar-refractivity contribution in [1.29, 1.82) is 0 Å². The fourth-order valence-electron chi connectivity index (χ4n) is 2.55. The molecular formula is C17H17NO4. The molecule has 0 fully saturated rings. The van der Waals surface area contributed by atoms with E-state index in [1.807, 2.05) is 24.3 Å². The van der Waals surface area contributed by atoms with E-state index in [9.17, 15) is 5.11 Å². The van der Waals surface area contributed by atoms with Gasteiger partial charge in [-0.2, -0.15) is 0 Å². The number of benzene rings is 2. The standard InChI is InChI=1S/C17H17NO4/c1-20-13-5-3-4-11(8-13)16-10-15(18-21-2)14-7-6-12(19)9-17(14)22-16/h3-9,16,19H,10H2,1-2H3/t16-/m1/s1. The van der Waals surface area contributed by atoms with Crippen molar-refractivity contribution in [3.8, 4) is 17.2 Å². The van der Waals surface area contributed by atoms with Crippen LogP contribution < -0.4 is 9.47 Å². The molecule has 0 radical (unpaired) electrons. The van der Waals surface area contributed by atoms with Crippen molar-refractivity contribution in [2.24, 2.45) is 5.16 Å². The van der Waals surface area contributed by atoms with Crippen LogP contribution in [0.15, 0.2) is 47.6 Å². The first kappa shape index (κ1) is 14.3. The molecule has 114 valence electrons. The van der Waals surface area contributed by atoms with Gasteiger partial charge in [-0.3, -0.25) is 0 Å². The highest BCUT2D eigenvalue weighted by atomic mass is 16.6. The molecule has 2 aromatic carbocycles. The van der Waals surface area contributed by atoms with Crippen LogP contribution in [-0.2, 0) is 4.84 Å². The zero-order chi connectivity index (χ0) is 15.5. The third-order valence-electron chi connectivity index (χ3n) is 3.59. The molecule has 0 saturated carbocycles. The molecular weight excluding hydrogens is 282 g/mol. The molecule has 1 aliphatic heterocycles. The Hall–Kier alpha value is -2.69. The highest BCUT2D eigenvalue weighted by molar-refractivity contribution is 6.04. The summed E-state index contributed by atoms with van der Waals surface area (Å²) in [4.78, 5) is 4.94. The fraction of sp³-hybridized carbons (Fsp3) is 0.235. The Bertz CT molecular complexity index is 712. The highest BCUT2D eigenvalue weighted by Crippen LogP contribution is 2.37. The molecule has 1 heterocycles. The van der Waals surface area contributed by atoms with Gasteiger partial charge in [0.1, 0.15) is 30.5 Å². The van der Waals surface area contributed by atoms with Gasteiger partial charge in [-0.1, -0.05) is 17.3 Å². The van der Waals surface area contributed by atoms with Crippen molar-refractivity contribution in [2.45, 2.75) is 12.5 Å². The van der Waals surface area contributed by atoms with E-state index in [0.717, 1.165) is 22.6 Å². The van der Waals surface area contributed by atoms with Gasteiger partial charge in [-0.05, 0) is 29.8 Å². The maximum absolute atomic E-state index is 9.67. The zero-order valence-corrected chi connectivity index (χ0v) is 12.4. The third-order valence-corrected chi connectivity index (χ3v) is 3.59. The van der Waals surface area contributed by atoms with E-state index in [-0.39, 0.29) is 11.9 Å². The van der Waals surface area contributed by atoms with Crippen LogP contribution in [0.3, 0.4) is 0 Å². The average Bonchev–Trinajstić information content (AvgIpc) is 2.54. The summed E-state index contributed by atoms with van der Waals surface area (Å²) in [6.07, 6.45) is 0.372. The number of hydrogen-bond acceptors (Lipinski definition) is 5. The summed E-state index contributed by atoms with van der Waals surface area (Å²) in [5.41, 5.74) is 2.60. The third kappa shape index (κ3) is 2.70. The van der Waals surface area contributed by atoms with E-state index in [1.54, 1.807) is 25.3 Å². The van der Waals surface area contributed by atoms with E-state index in [0.29, 0.717) is 12.2 Å². The molecule has 5 heteroatoms. The number of ether oxygens (including phenoxy) is 2. The lowest BCUT2D eigenvalue weighted by Gasteiger charge is -2.27. The topological polar surface area (TPSA) is 60.3 Å².